The maximum atomic E-state index is 10.9. The lowest BCUT2D eigenvalue weighted by molar-refractivity contribution is -0.136. The van der Waals surface area contributed by atoms with Gasteiger partial charge in [0.2, 0.25) is 0 Å². The fourth-order valence-electron chi connectivity index (χ4n) is 1.16. The quantitative estimate of drug-likeness (QED) is 0.593. The summed E-state index contributed by atoms with van der Waals surface area (Å²) in [4.78, 5) is 9.97. The van der Waals surface area contributed by atoms with E-state index in [1.54, 1.807) is 0 Å². The third kappa shape index (κ3) is 3.71. The fraction of sp³-hybridized carbons (Fsp3) is 0.125. The Kier molecular flexibility index (Phi) is 4.16. The molecule has 0 radical (unpaired) electrons. The summed E-state index contributed by atoms with van der Waals surface area (Å²) < 4.78 is 52.0. The number of rotatable bonds is 4. The van der Waals surface area contributed by atoms with Gasteiger partial charge in [-0.3, -0.25) is 9.35 Å². The zero-order chi connectivity index (χ0) is 13.2. The lowest BCUT2D eigenvalue weighted by Gasteiger charge is -2.03. The first-order valence-electron chi connectivity index (χ1n) is 4.09. The lowest BCUT2D eigenvalue weighted by Crippen LogP contribution is -2.05. The molecule has 0 spiro atoms. The van der Waals surface area contributed by atoms with Crippen molar-refractivity contribution in [3.05, 3.63) is 27.3 Å². The lowest BCUT2D eigenvalue weighted by atomic mass is 10.2. The molecule has 1 rings (SSSR count). The molecule has 0 aromatic heterocycles. The summed E-state index contributed by atoms with van der Waals surface area (Å²) in [7, 11) is -4.48. The van der Waals surface area contributed by atoms with Crippen molar-refractivity contribution in [3.63, 3.8) is 0 Å². The van der Waals surface area contributed by atoms with Crippen molar-refractivity contribution < 1.29 is 29.0 Å². The number of hydrogen-bond donors (Lipinski definition) is 2. The minimum Gasteiger partial charge on any atom is -0.481 e. The molecule has 9 heteroatoms. The zero-order valence-corrected chi connectivity index (χ0v) is 11.1. The van der Waals surface area contributed by atoms with E-state index in [9.17, 15) is 19.4 Å². The highest BCUT2D eigenvalue weighted by Crippen LogP contribution is 2.25. The molecule has 0 amide bonds. The molecular weight excluding hydrogens is 367 g/mol. The van der Waals surface area contributed by atoms with Gasteiger partial charge in [-0.15, -0.1) is 0 Å². The van der Waals surface area contributed by atoms with Gasteiger partial charge in [0.05, 0.1) is 14.9 Å². The summed E-state index contributed by atoms with van der Waals surface area (Å²) >= 11 is -3.91. The van der Waals surface area contributed by atoms with E-state index in [-0.39, 0.29) is 9.13 Å². The maximum Gasteiger partial charge on any atom is 0.341 e. The molecule has 0 saturated heterocycles. The first kappa shape index (κ1) is 14.0. The number of aliphatic carboxylic acids is 1. The molecule has 0 fully saturated rings. The Balaban J connectivity index is 3.44. The van der Waals surface area contributed by atoms with E-state index in [0.717, 1.165) is 18.2 Å². The molecule has 0 saturated carbocycles. The van der Waals surface area contributed by atoms with Crippen LogP contribution in [0.3, 0.4) is 0 Å². The van der Waals surface area contributed by atoms with Gasteiger partial charge in [0.25, 0.3) is 10.1 Å². The van der Waals surface area contributed by atoms with Crippen molar-refractivity contribution in [3.8, 4) is 0 Å². The first-order chi connectivity index (χ1) is 7.71. The van der Waals surface area contributed by atoms with Crippen LogP contribution in [0.5, 0.6) is 0 Å². The van der Waals surface area contributed by atoms with Crippen LogP contribution >= 0.6 is 19.8 Å². The van der Waals surface area contributed by atoms with Crippen molar-refractivity contribution in [2.24, 2.45) is 0 Å². The summed E-state index contributed by atoms with van der Waals surface area (Å²) in [6.45, 7) is 0. The van der Waals surface area contributed by atoms with E-state index in [2.05, 4.69) is 0 Å². The molecule has 0 bridgehead atoms. The molecule has 0 unspecified atom stereocenters. The van der Waals surface area contributed by atoms with Gasteiger partial charge in [-0.05, 0) is 23.8 Å². The number of hydrogen-bond acceptors (Lipinski definition) is 5. The van der Waals surface area contributed by atoms with Crippen molar-refractivity contribution in [1.82, 2.24) is 0 Å². The van der Waals surface area contributed by atoms with Crippen LogP contribution in [0.15, 0.2) is 23.1 Å². The number of carboxylic acids is 1. The van der Waals surface area contributed by atoms with Gasteiger partial charge in [-0.25, -0.2) is 6.14 Å². The van der Waals surface area contributed by atoms with Crippen molar-refractivity contribution in [2.75, 3.05) is 0 Å². The number of carboxylic acid groups (broad SMARTS) is 1. The molecule has 17 heavy (non-hydrogen) atoms. The molecule has 0 aliphatic rings. The van der Waals surface area contributed by atoms with Crippen molar-refractivity contribution in [2.45, 2.75) is 11.3 Å². The second-order valence-corrected chi connectivity index (χ2v) is 6.84. The highest BCUT2D eigenvalue weighted by molar-refractivity contribution is 14.2. The predicted octanol–water partition coefficient (Wildman–Crippen LogP) is 0.927. The second kappa shape index (κ2) is 5.06. The van der Waals surface area contributed by atoms with E-state index in [1.165, 1.54) is 0 Å². The summed E-state index contributed by atoms with van der Waals surface area (Å²) in [6.07, 6.45) is -0.628. The van der Waals surface area contributed by atoms with Crippen LogP contribution in [0.25, 0.3) is 0 Å². The average molecular weight is 374 g/mol. The Labute approximate surface area is 103 Å². The SMILES string of the molecule is O=C(O)Cc1cc(S(=O)(=O)O)ccc1I(=O)=O. The number of benzene rings is 1. The minimum absolute atomic E-state index is 0.150. The highest BCUT2D eigenvalue weighted by atomic mass is 127. The molecule has 2 N–H and O–H groups in total. The molecule has 0 atom stereocenters. The van der Waals surface area contributed by atoms with Crippen LogP contribution in [0.2, 0.25) is 0 Å². The van der Waals surface area contributed by atoms with Crippen LogP contribution in [0, 0.1) is 3.57 Å². The molecule has 1 aromatic carbocycles. The third-order valence-corrected chi connectivity index (χ3v) is 4.67. The van der Waals surface area contributed by atoms with Gasteiger partial charge >= 0.3 is 25.8 Å². The molecule has 94 valence electrons. The standard InChI is InChI=1S/C8H7IO7S/c10-8(11)4-5-3-6(17(14,15)16)1-2-7(5)9(12)13/h1-3H,4H2,(H,10,11)(H,14,15,16). The normalized spacial score (nSPS) is 11.6. The van der Waals surface area contributed by atoms with Gasteiger partial charge in [0, 0.05) is 0 Å². The van der Waals surface area contributed by atoms with Gasteiger partial charge < -0.3 is 5.11 Å². The Hall–Kier alpha value is -1.07. The Morgan fingerprint density at radius 3 is 2.29 bits per heavy atom. The molecule has 7 nitrogen and oxygen atoms in total. The largest absolute Gasteiger partial charge is 0.481 e. The van der Waals surface area contributed by atoms with Crippen molar-refractivity contribution >= 4 is 35.9 Å². The topological polar surface area (TPSA) is 126 Å². The van der Waals surface area contributed by atoms with Gasteiger partial charge in [0.1, 0.15) is 0 Å². The van der Waals surface area contributed by atoms with Gasteiger partial charge in [-0.2, -0.15) is 8.42 Å². The maximum absolute atomic E-state index is 10.9. The Bertz CT molecular complexity index is 621. The molecule has 0 aliphatic heterocycles. The van der Waals surface area contributed by atoms with Gasteiger partial charge in [0.15, 0.2) is 0 Å². The van der Waals surface area contributed by atoms with E-state index < -0.39 is 47.2 Å². The van der Waals surface area contributed by atoms with E-state index in [1.807, 2.05) is 0 Å². The monoisotopic (exact) mass is 374 g/mol. The predicted molar refractivity (Wildman–Crippen MR) is 61.7 cm³/mol. The summed E-state index contributed by atoms with van der Waals surface area (Å²) in [6, 6.07) is 2.74. The number of carbonyl (C=O) groups is 1. The second-order valence-electron chi connectivity index (χ2n) is 3.02. The highest BCUT2D eigenvalue weighted by Gasteiger charge is 2.16. The van der Waals surface area contributed by atoms with Crippen molar-refractivity contribution in [1.29, 1.82) is 0 Å². The molecule has 0 heterocycles. The Morgan fingerprint density at radius 2 is 1.88 bits per heavy atom. The van der Waals surface area contributed by atoms with E-state index in [4.69, 9.17) is 9.66 Å². The van der Waals surface area contributed by atoms with Crippen LogP contribution in [0.1, 0.15) is 5.56 Å². The Morgan fingerprint density at radius 1 is 1.29 bits per heavy atom. The first-order valence-corrected chi connectivity index (χ1v) is 8.37. The van der Waals surface area contributed by atoms with Gasteiger partial charge in [-0.1, -0.05) is 0 Å². The minimum atomic E-state index is -4.48. The smallest absolute Gasteiger partial charge is 0.341 e. The molecule has 0 aliphatic carbocycles. The van der Waals surface area contributed by atoms with E-state index >= 15 is 0 Å². The van der Waals surface area contributed by atoms with Crippen LogP contribution < -0.4 is 0 Å². The van der Waals surface area contributed by atoms with Crippen LogP contribution in [-0.4, -0.2) is 24.0 Å². The summed E-state index contributed by atoms with van der Waals surface area (Å²) in [5, 5.41) is 8.57. The summed E-state index contributed by atoms with van der Waals surface area (Å²) in [5.74, 6) is -1.29. The number of halogens is 1. The van der Waals surface area contributed by atoms with Crippen LogP contribution in [-0.2, 0) is 27.5 Å². The molecule has 1 aromatic rings. The average Bonchev–Trinajstić information content (AvgIpc) is 2.14. The third-order valence-electron chi connectivity index (χ3n) is 1.82. The zero-order valence-electron chi connectivity index (χ0n) is 8.16. The summed E-state index contributed by atoms with van der Waals surface area (Å²) in [5.41, 5.74) is -0.150. The molecular formula is C8H7IO7S. The fourth-order valence-corrected chi connectivity index (χ4v) is 3.08. The van der Waals surface area contributed by atoms with Crippen LogP contribution in [0.4, 0.5) is 0 Å². The van der Waals surface area contributed by atoms with E-state index in [0.29, 0.717) is 0 Å².